The quantitative estimate of drug-likeness (QED) is 0.779. The van der Waals surface area contributed by atoms with E-state index in [-0.39, 0.29) is 5.69 Å². The van der Waals surface area contributed by atoms with E-state index in [2.05, 4.69) is 5.10 Å². The van der Waals surface area contributed by atoms with Crippen LogP contribution in [0.2, 0.25) is 0 Å². The molecule has 3 rings (SSSR count). The third-order valence-electron chi connectivity index (χ3n) is 3.05. The standard InChI is InChI=1S/C15H13N3O2/c19-14-16-17(11-12-7-3-1-4-8-12)15(20)18(14)13-9-5-2-6-10-13/h1-10H,11H2,(H,16,19). The fourth-order valence-corrected chi connectivity index (χ4v) is 2.10. The van der Waals surface area contributed by atoms with Crippen molar-refractivity contribution in [1.82, 2.24) is 14.3 Å². The molecule has 0 atom stereocenters. The van der Waals surface area contributed by atoms with Gasteiger partial charge in [0.1, 0.15) is 0 Å². The molecule has 1 heterocycles. The Morgan fingerprint density at radius 1 is 0.850 bits per heavy atom. The number of H-pyrrole nitrogens is 1. The lowest BCUT2D eigenvalue weighted by Crippen LogP contribution is -2.27. The van der Waals surface area contributed by atoms with Gasteiger partial charge in [0.05, 0.1) is 12.2 Å². The van der Waals surface area contributed by atoms with E-state index in [1.807, 2.05) is 36.4 Å². The summed E-state index contributed by atoms with van der Waals surface area (Å²) in [6.45, 7) is 0.342. The molecule has 0 unspecified atom stereocenters. The summed E-state index contributed by atoms with van der Waals surface area (Å²) >= 11 is 0. The molecule has 1 aromatic heterocycles. The van der Waals surface area contributed by atoms with E-state index >= 15 is 0 Å². The molecule has 0 amide bonds. The van der Waals surface area contributed by atoms with Gasteiger partial charge in [-0.05, 0) is 17.7 Å². The second-order valence-electron chi connectivity index (χ2n) is 4.44. The average Bonchev–Trinajstić information content (AvgIpc) is 2.75. The minimum Gasteiger partial charge on any atom is -0.246 e. The molecule has 1 N–H and O–H groups in total. The van der Waals surface area contributed by atoms with Crippen molar-refractivity contribution in [2.45, 2.75) is 6.54 Å². The number of aromatic nitrogens is 3. The molecule has 0 bridgehead atoms. The molecule has 5 heteroatoms. The van der Waals surface area contributed by atoms with Gasteiger partial charge in [-0.15, -0.1) is 0 Å². The molecular formula is C15H13N3O2. The van der Waals surface area contributed by atoms with Crippen molar-refractivity contribution in [3.63, 3.8) is 0 Å². The highest BCUT2D eigenvalue weighted by molar-refractivity contribution is 5.30. The summed E-state index contributed by atoms with van der Waals surface area (Å²) in [4.78, 5) is 24.2. The first-order chi connectivity index (χ1) is 9.75. The summed E-state index contributed by atoms with van der Waals surface area (Å²) in [5.41, 5.74) is 0.712. The normalized spacial score (nSPS) is 10.6. The highest BCUT2D eigenvalue weighted by Gasteiger charge is 2.10. The van der Waals surface area contributed by atoms with Crippen molar-refractivity contribution < 1.29 is 0 Å². The van der Waals surface area contributed by atoms with Gasteiger partial charge in [0.25, 0.3) is 0 Å². The van der Waals surface area contributed by atoms with E-state index in [4.69, 9.17) is 0 Å². The van der Waals surface area contributed by atoms with E-state index in [0.717, 1.165) is 10.1 Å². The summed E-state index contributed by atoms with van der Waals surface area (Å²) in [6, 6.07) is 18.4. The van der Waals surface area contributed by atoms with Crippen LogP contribution in [0, 0.1) is 0 Å². The van der Waals surface area contributed by atoms with Crippen molar-refractivity contribution >= 4 is 0 Å². The van der Waals surface area contributed by atoms with Crippen molar-refractivity contribution in [3.05, 3.63) is 87.2 Å². The van der Waals surface area contributed by atoms with E-state index in [1.165, 1.54) is 4.68 Å². The second-order valence-corrected chi connectivity index (χ2v) is 4.44. The van der Waals surface area contributed by atoms with Crippen molar-refractivity contribution in [2.75, 3.05) is 0 Å². The maximum atomic E-state index is 12.3. The zero-order valence-corrected chi connectivity index (χ0v) is 10.7. The van der Waals surface area contributed by atoms with Crippen LogP contribution in [-0.2, 0) is 6.54 Å². The Labute approximate surface area is 114 Å². The van der Waals surface area contributed by atoms with Crippen LogP contribution >= 0.6 is 0 Å². The average molecular weight is 267 g/mol. The molecular weight excluding hydrogens is 254 g/mol. The fraction of sp³-hybridized carbons (Fsp3) is 0.0667. The molecule has 0 saturated carbocycles. The summed E-state index contributed by atoms with van der Waals surface area (Å²) in [7, 11) is 0. The molecule has 100 valence electrons. The van der Waals surface area contributed by atoms with Crippen molar-refractivity contribution in [1.29, 1.82) is 0 Å². The van der Waals surface area contributed by atoms with Gasteiger partial charge < -0.3 is 0 Å². The fourth-order valence-electron chi connectivity index (χ4n) is 2.10. The summed E-state index contributed by atoms with van der Waals surface area (Å²) in [5.74, 6) is 0. The first-order valence-corrected chi connectivity index (χ1v) is 6.27. The maximum Gasteiger partial charge on any atom is 0.351 e. The monoisotopic (exact) mass is 267 g/mol. The third kappa shape index (κ3) is 2.21. The number of nitrogens with one attached hydrogen (secondary N) is 1. The highest BCUT2D eigenvalue weighted by atomic mass is 16.2. The van der Waals surface area contributed by atoms with Crippen LogP contribution in [-0.4, -0.2) is 14.3 Å². The summed E-state index contributed by atoms with van der Waals surface area (Å²) in [5, 5.41) is 2.57. The van der Waals surface area contributed by atoms with Gasteiger partial charge in [-0.25, -0.2) is 23.9 Å². The van der Waals surface area contributed by atoms with Crippen LogP contribution in [0.5, 0.6) is 0 Å². The van der Waals surface area contributed by atoms with Gasteiger partial charge >= 0.3 is 11.4 Å². The Balaban J connectivity index is 2.04. The van der Waals surface area contributed by atoms with Gasteiger partial charge in [0.15, 0.2) is 0 Å². The first kappa shape index (κ1) is 12.2. The number of aromatic amines is 1. The van der Waals surface area contributed by atoms with Gasteiger partial charge in [0, 0.05) is 0 Å². The van der Waals surface area contributed by atoms with E-state index in [0.29, 0.717) is 12.2 Å². The second kappa shape index (κ2) is 5.05. The van der Waals surface area contributed by atoms with E-state index in [9.17, 15) is 9.59 Å². The summed E-state index contributed by atoms with van der Waals surface area (Å²) < 4.78 is 2.44. The van der Waals surface area contributed by atoms with Crippen LogP contribution < -0.4 is 11.4 Å². The van der Waals surface area contributed by atoms with E-state index < -0.39 is 5.69 Å². The van der Waals surface area contributed by atoms with Crippen LogP contribution in [0.15, 0.2) is 70.3 Å². The Bertz CT molecular complexity index is 814. The molecule has 0 spiro atoms. The lowest BCUT2D eigenvalue weighted by molar-refractivity contribution is 0.650. The van der Waals surface area contributed by atoms with Crippen LogP contribution in [0.1, 0.15) is 5.56 Å². The number of hydrogen-bond acceptors (Lipinski definition) is 2. The lowest BCUT2D eigenvalue weighted by Gasteiger charge is -2.01. The smallest absolute Gasteiger partial charge is 0.246 e. The van der Waals surface area contributed by atoms with Crippen molar-refractivity contribution in [2.24, 2.45) is 0 Å². The van der Waals surface area contributed by atoms with E-state index in [1.54, 1.807) is 24.3 Å². The Morgan fingerprint density at radius 3 is 2.10 bits per heavy atom. The Morgan fingerprint density at radius 2 is 1.45 bits per heavy atom. The zero-order chi connectivity index (χ0) is 13.9. The lowest BCUT2D eigenvalue weighted by atomic mass is 10.2. The maximum absolute atomic E-state index is 12.3. The molecule has 0 aliphatic carbocycles. The van der Waals surface area contributed by atoms with Crippen LogP contribution in [0.4, 0.5) is 0 Å². The third-order valence-corrected chi connectivity index (χ3v) is 3.05. The molecule has 3 aromatic rings. The molecule has 0 aliphatic heterocycles. The van der Waals surface area contributed by atoms with Crippen LogP contribution in [0.3, 0.4) is 0 Å². The van der Waals surface area contributed by atoms with Gasteiger partial charge in [-0.2, -0.15) is 0 Å². The predicted molar refractivity (Wildman–Crippen MR) is 76.2 cm³/mol. The minimum atomic E-state index is -0.433. The molecule has 0 saturated heterocycles. The number of hydrogen-bond donors (Lipinski definition) is 1. The molecule has 20 heavy (non-hydrogen) atoms. The van der Waals surface area contributed by atoms with Crippen LogP contribution in [0.25, 0.3) is 5.69 Å². The molecule has 0 fully saturated rings. The Kier molecular flexibility index (Phi) is 3.09. The first-order valence-electron chi connectivity index (χ1n) is 6.27. The van der Waals surface area contributed by atoms with Gasteiger partial charge in [0.2, 0.25) is 0 Å². The summed E-state index contributed by atoms with van der Waals surface area (Å²) in [6.07, 6.45) is 0. The number of benzene rings is 2. The highest BCUT2D eigenvalue weighted by Crippen LogP contribution is 2.02. The number of nitrogens with zero attached hydrogens (tertiary/aromatic N) is 2. The van der Waals surface area contributed by atoms with Gasteiger partial charge in [-0.1, -0.05) is 48.5 Å². The number of rotatable bonds is 3. The zero-order valence-electron chi connectivity index (χ0n) is 10.7. The minimum absolute atomic E-state index is 0.342. The topological polar surface area (TPSA) is 59.8 Å². The molecule has 5 nitrogen and oxygen atoms in total. The molecule has 0 aliphatic rings. The predicted octanol–water partition coefficient (Wildman–Crippen LogP) is 1.38. The number of para-hydroxylation sites is 1. The molecule has 2 aromatic carbocycles. The Hall–Kier alpha value is -2.82. The molecule has 0 radical (unpaired) electrons. The van der Waals surface area contributed by atoms with Crippen molar-refractivity contribution in [3.8, 4) is 5.69 Å². The van der Waals surface area contributed by atoms with Gasteiger partial charge in [-0.3, -0.25) is 0 Å². The largest absolute Gasteiger partial charge is 0.351 e. The SMILES string of the molecule is O=c1[nH]n(Cc2ccccc2)c(=O)n1-c1ccccc1.